The molecule has 1 aliphatic heterocycles. The molecule has 0 saturated carbocycles. The van der Waals surface area contributed by atoms with Crippen LogP contribution in [0.15, 0.2) is 71.1 Å². The lowest BCUT2D eigenvalue weighted by Crippen LogP contribution is -2.36. The van der Waals surface area contributed by atoms with E-state index in [2.05, 4.69) is 5.32 Å². The zero-order valence-electron chi connectivity index (χ0n) is 19.1. The fourth-order valence-corrected chi connectivity index (χ4v) is 4.87. The summed E-state index contributed by atoms with van der Waals surface area (Å²) in [5, 5.41) is 4.04. The number of Topliss-reactive ketones (excluding diaryl/α,β-unsaturated/α-hetero) is 1. The van der Waals surface area contributed by atoms with Crippen LogP contribution in [0.25, 0.3) is 0 Å². The molecule has 5 nitrogen and oxygen atoms in total. The third-order valence-electron chi connectivity index (χ3n) is 6.19. The Morgan fingerprint density at radius 3 is 2.30 bits per heavy atom. The smallest absolute Gasteiger partial charge is 0.336 e. The molecule has 2 aliphatic rings. The molecule has 1 aliphatic carbocycles. The molecule has 2 aromatic carbocycles. The Kier molecular flexibility index (Phi) is 6.89. The molecule has 0 spiro atoms. The van der Waals surface area contributed by atoms with Crippen LogP contribution in [0, 0.1) is 0 Å². The van der Waals surface area contributed by atoms with E-state index in [1.165, 1.54) is 0 Å². The number of esters is 1. The summed E-state index contributed by atoms with van der Waals surface area (Å²) in [4.78, 5) is 26.5. The van der Waals surface area contributed by atoms with Gasteiger partial charge in [0.2, 0.25) is 0 Å². The Labute approximate surface area is 199 Å². The molecule has 0 saturated heterocycles. The number of rotatable bonds is 6. The number of nitrogens with one attached hydrogen (secondary N) is 1. The van der Waals surface area contributed by atoms with Crippen LogP contribution in [-0.4, -0.2) is 25.0 Å². The van der Waals surface area contributed by atoms with Gasteiger partial charge >= 0.3 is 5.97 Å². The predicted octanol–water partition coefficient (Wildman–Crippen LogP) is 5.66. The summed E-state index contributed by atoms with van der Waals surface area (Å²) in [6.45, 7) is 6.42. The molecule has 0 fully saturated rings. The number of ketones is 1. The number of allylic oxidation sites excluding steroid dienone is 3. The Bertz CT molecular complexity index is 1120. The van der Waals surface area contributed by atoms with E-state index in [0.717, 1.165) is 28.3 Å². The Morgan fingerprint density at radius 2 is 1.67 bits per heavy atom. The van der Waals surface area contributed by atoms with Crippen molar-refractivity contribution < 1.29 is 19.1 Å². The summed E-state index contributed by atoms with van der Waals surface area (Å²) in [5.74, 6) is -0.0356. The molecule has 33 heavy (non-hydrogen) atoms. The summed E-state index contributed by atoms with van der Waals surface area (Å²) in [6.07, 6.45) is 1.06. The van der Waals surface area contributed by atoms with E-state index in [1.807, 2.05) is 62.4 Å². The number of ether oxygens (including phenoxy) is 2. The number of halogens is 1. The largest absolute Gasteiger partial charge is 0.494 e. The minimum atomic E-state index is -0.477. The number of hydrogen-bond acceptors (Lipinski definition) is 5. The fraction of sp³-hybridized carbons (Fsp3) is 0.333. The van der Waals surface area contributed by atoms with Gasteiger partial charge in [-0.05, 0) is 68.5 Å². The summed E-state index contributed by atoms with van der Waals surface area (Å²) in [5.41, 5.74) is 4.67. The van der Waals surface area contributed by atoms with Gasteiger partial charge in [-0.1, -0.05) is 35.9 Å². The molecule has 0 bridgehead atoms. The molecule has 0 unspecified atom stereocenters. The topological polar surface area (TPSA) is 64.6 Å². The van der Waals surface area contributed by atoms with E-state index in [4.69, 9.17) is 21.1 Å². The van der Waals surface area contributed by atoms with Crippen molar-refractivity contribution in [3.05, 3.63) is 87.2 Å². The minimum absolute atomic E-state index is 0.0388. The first-order valence-electron chi connectivity index (χ1n) is 11.3. The zero-order valence-corrected chi connectivity index (χ0v) is 19.9. The van der Waals surface area contributed by atoms with Crippen LogP contribution in [0.2, 0.25) is 5.02 Å². The van der Waals surface area contributed by atoms with Crippen molar-refractivity contribution in [3.63, 3.8) is 0 Å². The highest BCUT2D eigenvalue weighted by atomic mass is 35.5. The number of carbonyl (C=O) groups excluding carboxylic acids is 2. The van der Waals surface area contributed by atoms with Gasteiger partial charge in [-0.3, -0.25) is 4.79 Å². The van der Waals surface area contributed by atoms with Crippen molar-refractivity contribution in [1.29, 1.82) is 0 Å². The molecule has 2 atom stereocenters. The third kappa shape index (κ3) is 4.69. The summed E-state index contributed by atoms with van der Waals surface area (Å²) < 4.78 is 11.0. The van der Waals surface area contributed by atoms with Crippen LogP contribution in [0.4, 0.5) is 0 Å². The predicted molar refractivity (Wildman–Crippen MR) is 128 cm³/mol. The molecule has 172 valence electrons. The van der Waals surface area contributed by atoms with E-state index in [-0.39, 0.29) is 18.3 Å². The molecule has 2 aromatic rings. The lowest BCUT2D eigenvalue weighted by atomic mass is 9.72. The van der Waals surface area contributed by atoms with Crippen molar-refractivity contribution >= 4 is 23.4 Å². The maximum absolute atomic E-state index is 13.5. The van der Waals surface area contributed by atoms with Crippen molar-refractivity contribution in [3.8, 4) is 5.75 Å². The van der Waals surface area contributed by atoms with Crippen LogP contribution >= 0.6 is 11.6 Å². The molecular formula is C27H28ClNO4. The quantitative estimate of drug-likeness (QED) is 0.557. The molecule has 6 heteroatoms. The first-order valence-corrected chi connectivity index (χ1v) is 11.7. The number of carbonyl (C=O) groups is 2. The van der Waals surface area contributed by atoms with Crippen LogP contribution in [0.5, 0.6) is 5.75 Å². The van der Waals surface area contributed by atoms with Crippen LogP contribution in [0.3, 0.4) is 0 Å². The molecular weight excluding hydrogens is 438 g/mol. The second-order valence-electron chi connectivity index (χ2n) is 8.29. The van der Waals surface area contributed by atoms with Gasteiger partial charge in [-0.2, -0.15) is 0 Å². The van der Waals surface area contributed by atoms with Gasteiger partial charge in [0.05, 0.1) is 18.8 Å². The van der Waals surface area contributed by atoms with Crippen LogP contribution in [0.1, 0.15) is 56.6 Å². The fourth-order valence-electron chi connectivity index (χ4n) is 4.75. The van der Waals surface area contributed by atoms with Crippen molar-refractivity contribution in [2.24, 2.45) is 0 Å². The third-order valence-corrected chi connectivity index (χ3v) is 6.44. The molecule has 1 heterocycles. The maximum Gasteiger partial charge on any atom is 0.336 e. The monoisotopic (exact) mass is 465 g/mol. The minimum Gasteiger partial charge on any atom is -0.494 e. The van der Waals surface area contributed by atoms with Crippen LogP contribution in [-0.2, 0) is 14.3 Å². The van der Waals surface area contributed by atoms with Gasteiger partial charge in [0.15, 0.2) is 5.78 Å². The molecule has 0 radical (unpaired) electrons. The Morgan fingerprint density at radius 1 is 1.00 bits per heavy atom. The normalized spacial score (nSPS) is 20.3. The van der Waals surface area contributed by atoms with Gasteiger partial charge in [-0.25, -0.2) is 4.79 Å². The molecule has 4 rings (SSSR count). The van der Waals surface area contributed by atoms with Gasteiger partial charge in [0.25, 0.3) is 0 Å². The Hall–Kier alpha value is -3.05. The van der Waals surface area contributed by atoms with Gasteiger partial charge in [-0.15, -0.1) is 0 Å². The number of hydrogen-bond donors (Lipinski definition) is 1. The van der Waals surface area contributed by atoms with E-state index < -0.39 is 11.9 Å². The second kappa shape index (κ2) is 9.84. The summed E-state index contributed by atoms with van der Waals surface area (Å²) in [6, 6.07) is 15.3. The summed E-state index contributed by atoms with van der Waals surface area (Å²) >= 11 is 6.05. The zero-order chi connectivity index (χ0) is 23.5. The highest BCUT2D eigenvalue weighted by molar-refractivity contribution is 6.30. The average molecular weight is 466 g/mol. The van der Waals surface area contributed by atoms with E-state index >= 15 is 0 Å². The first-order chi connectivity index (χ1) is 15.9. The van der Waals surface area contributed by atoms with E-state index in [9.17, 15) is 9.59 Å². The Balaban J connectivity index is 1.76. The SMILES string of the molecule is CCOC(=O)C1=C(C)NC2=C(C(=O)C[C@@H](c3ccc(Cl)cc3)C2)[C@@H]1c1ccc(OCC)cc1. The van der Waals surface area contributed by atoms with Crippen molar-refractivity contribution in [2.45, 2.75) is 45.4 Å². The highest BCUT2D eigenvalue weighted by Crippen LogP contribution is 2.46. The van der Waals surface area contributed by atoms with Crippen molar-refractivity contribution in [2.75, 3.05) is 13.2 Å². The van der Waals surface area contributed by atoms with E-state index in [1.54, 1.807) is 6.92 Å². The highest BCUT2D eigenvalue weighted by Gasteiger charge is 2.41. The lowest BCUT2D eigenvalue weighted by Gasteiger charge is -2.36. The number of benzene rings is 2. The lowest BCUT2D eigenvalue weighted by molar-refractivity contribution is -0.138. The average Bonchev–Trinajstić information content (AvgIpc) is 2.79. The number of dihydropyridines is 1. The van der Waals surface area contributed by atoms with Gasteiger partial charge < -0.3 is 14.8 Å². The summed E-state index contributed by atoms with van der Waals surface area (Å²) in [7, 11) is 0. The molecule has 0 aromatic heterocycles. The van der Waals surface area contributed by atoms with Gasteiger partial charge in [0, 0.05) is 34.3 Å². The second-order valence-corrected chi connectivity index (χ2v) is 8.73. The van der Waals surface area contributed by atoms with Gasteiger partial charge in [0.1, 0.15) is 5.75 Å². The molecule has 0 amide bonds. The maximum atomic E-state index is 13.5. The standard InChI is InChI=1S/C27H28ClNO4/c1-4-32-21-12-8-18(9-13-21)25-24(27(31)33-5-2)16(3)29-22-14-19(15-23(30)26(22)25)17-6-10-20(28)11-7-17/h6-13,19,25,29H,4-5,14-15H2,1-3H3/t19-,25+/m0/s1. The van der Waals surface area contributed by atoms with Crippen molar-refractivity contribution in [1.82, 2.24) is 5.32 Å². The first kappa shape index (κ1) is 23.1. The van der Waals surface area contributed by atoms with Crippen LogP contribution < -0.4 is 10.1 Å². The molecule has 1 N–H and O–H groups in total. The van der Waals surface area contributed by atoms with E-state index in [0.29, 0.717) is 35.6 Å².